The summed E-state index contributed by atoms with van der Waals surface area (Å²) in [6.07, 6.45) is 2.45. The second-order valence-electron chi connectivity index (χ2n) is 12.9. The Morgan fingerprint density at radius 1 is 0.902 bits per heavy atom. The number of hydrogen-bond donors (Lipinski definition) is 1. The molecule has 2 aromatic rings. The fourth-order valence-electron chi connectivity index (χ4n) is 6.63. The molecule has 1 amide bonds. The highest BCUT2D eigenvalue weighted by Crippen LogP contribution is 2.54. The topological polar surface area (TPSA) is 84.9 Å². The first-order valence-corrected chi connectivity index (χ1v) is 14.4. The zero-order valence-electron chi connectivity index (χ0n) is 24.9. The van der Waals surface area contributed by atoms with Crippen molar-refractivity contribution in [1.82, 2.24) is 4.90 Å². The number of para-hydroxylation sites is 2. The molecule has 7 nitrogen and oxygen atoms in total. The normalized spacial score (nSPS) is 20.0. The zero-order chi connectivity index (χ0) is 29.5. The molecule has 0 bridgehead atoms. The summed E-state index contributed by atoms with van der Waals surface area (Å²) in [7, 11) is 1.55. The first-order chi connectivity index (χ1) is 19.4. The van der Waals surface area contributed by atoms with E-state index >= 15 is 0 Å². The van der Waals surface area contributed by atoms with Gasteiger partial charge in [-0.1, -0.05) is 52.0 Å². The van der Waals surface area contributed by atoms with E-state index in [1.165, 1.54) is 0 Å². The van der Waals surface area contributed by atoms with E-state index in [0.29, 0.717) is 36.6 Å². The number of nitrogens with zero attached hydrogens (tertiary/aromatic N) is 1. The van der Waals surface area contributed by atoms with Crippen LogP contribution in [0.4, 0.5) is 5.69 Å². The Labute approximate surface area is 242 Å². The minimum absolute atomic E-state index is 0.103. The number of ether oxygens (including phenoxy) is 2. The highest BCUT2D eigenvalue weighted by atomic mass is 16.5. The zero-order valence-corrected chi connectivity index (χ0v) is 24.9. The monoisotopic (exact) mass is 556 g/mol. The number of benzene rings is 2. The van der Waals surface area contributed by atoms with Gasteiger partial charge < -0.3 is 19.7 Å². The lowest BCUT2D eigenvalue weighted by Gasteiger charge is -2.48. The second-order valence-corrected chi connectivity index (χ2v) is 12.9. The maximum atomic E-state index is 13.8. The second kappa shape index (κ2) is 10.8. The van der Waals surface area contributed by atoms with Gasteiger partial charge in [0.25, 0.3) is 5.91 Å². The molecule has 0 radical (unpaired) electrons. The van der Waals surface area contributed by atoms with E-state index in [1.54, 1.807) is 25.3 Å². The molecule has 0 unspecified atom stereocenters. The molecular formula is C34H40N2O5. The van der Waals surface area contributed by atoms with Gasteiger partial charge in [0.1, 0.15) is 11.5 Å². The number of hydrogen-bond acceptors (Lipinski definition) is 6. The predicted octanol–water partition coefficient (Wildman–Crippen LogP) is 6.42. The molecule has 2 aliphatic carbocycles. The molecule has 0 saturated heterocycles. The molecule has 2 aromatic carbocycles. The van der Waals surface area contributed by atoms with Gasteiger partial charge >= 0.3 is 0 Å². The van der Waals surface area contributed by atoms with Crippen LogP contribution in [0.2, 0.25) is 0 Å². The van der Waals surface area contributed by atoms with Gasteiger partial charge in [-0.3, -0.25) is 14.4 Å². The summed E-state index contributed by atoms with van der Waals surface area (Å²) in [5.74, 6) is 0.515. The molecule has 0 saturated carbocycles. The first-order valence-electron chi connectivity index (χ1n) is 14.4. The lowest BCUT2D eigenvalue weighted by Crippen LogP contribution is -2.44. The molecule has 5 rings (SSSR count). The van der Waals surface area contributed by atoms with Gasteiger partial charge in [0.05, 0.1) is 12.8 Å². The van der Waals surface area contributed by atoms with Crippen molar-refractivity contribution in [3.63, 3.8) is 0 Å². The molecular weight excluding hydrogens is 516 g/mol. The predicted molar refractivity (Wildman–Crippen MR) is 159 cm³/mol. The van der Waals surface area contributed by atoms with Crippen LogP contribution in [0.25, 0.3) is 0 Å². The molecule has 216 valence electrons. The van der Waals surface area contributed by atoms with Crippen molar-refractivity contribution in [2.75, 3.05) is 25.6 Å². The lowest BCUT2D eigenvalue weighted by molar-refractivity contribution is -0.120. The summed E-state index contributed by atoms with van der Waals surface area (Å²) >= 11 is 0. The lowest BCUT2D eigenvalue weighted by atomic mass is 9.63. The Morgan fingerprint density at radius 2 is 1.51 bits per heavy atom. The highest BCUT2D eigenvalue weighted by Gasteiger charge is 2.48. The van der Waals surface area contributed by atoms with Gasteiger partial charge in [-0.25, -0.2) is 0 Å². The first kappa shape index (κ1) is 28.7. The van der Waals surface area contributed by atoms with Gasteiger partial charge in [0.2, 0.25) is 0 Å². The average molecular weight is 557 g/mol. The summed E-state index contributed by atoms with van der Waals surface area (Å²) in [6, 6.07) is 14.7. The van der Waals surface area contributed by atoms with Crippen LogP contribution in [-0.2, 0) is 14.4 Å². The Balaban J connectivity index is 1.49. The molecule has 0 fully saturated rings. The molecule has 0 aromatic heterocycles. The van der Waals surface area contributed by atoms with Crippen LogP contribution in [0.1, 0.15) is 71.8 Å². The number of rotatable bonds is 7. The molecule has 1 aliphatic heterocycles. The summed E-state index contributed by atoms with van der Waals surface area (Å²) < 4.78 is 11.2. The van der Waals surface area contributed by atoms with Crippen LogP contribution >= 0.6 is 0 Å². The molecule has 0 atom stereocenters. The van der Waals surface area contributed by atoms with E-state index < -0.39 is 5.92 Å². The van der Waals surface area contributed by atoms with Crippen LogP contribution in [0.5, 0.6) is 11.5 Å². The van der Waals surface area contributed by atoms with Gasteiger partial charge in [-0.15, -0.1) is 0 Å². The largest absolute Gasteiger partial charge is 0.495 e. The molecule has 1 N–H and O–H groups in total. The number of Topliss-reactive ketones (excluding diaryl/α,β-unsaturated/α-hetero) is 2. The van der Waals surface area contributed by atoms with E-state index in [9.17, 15) is 14.4 Å². The molecule has 41 heavy (non-hydrogen) atoms. The standard InChI is InChI=1S/C34H40N2O5/c1-7-36-24-16-33(2,3)18-26(37)31(24)30(32-25(36)17-34(4,5)19-27(32)38)21-11-10-12-22(15-21)41-20-29(39)35-23-13-8-9-14-28(23)40-6/h8-15,30H,7,16-20H2,1-6H3,(H,35,39). The molecule has 1 heterocycles. The summed E-state index contributed by atoms with van der Waals surface area (Å²) in [5, 5.41) is 2.82. The minimum atomic E-state index is -0.444. The smallest absolute Gasteiger partial charge is 0.262 e. The van der Waals surface area contributed by atoms with E-state index in [1.807, 2.05) is 30.3 Å². The van der Waals surface area contributed by atoms with Crippen molar-refractivity contribution in [3.05, 3.63) is 76.6 Å². The van der Waals surface area contributed by atoms with Crippen molar-refractivity contribution in [2.24, 2.45) is 10.8 Å². The van der Waals surface area contributed by atoms with Gasteiger partial charge in [0.15, 0.2) is 18.2 Å². The number of ketones is 2. The Bertz CT molecular complexity index is 1410. The number of nitrogens with one attached hydrogen (secondary N) is 1. The average Bonchev–Trinajstić information content (AvgIpc) is 2.90. The number of anilines is 1. The minimum Gasteiger partial charge on any atom is -0.495 e. The van der Waals surface area contributed by atoms with Crippen LogP contribution in [0, 0.1) is 10.8 Å². The summed E-state index contributed by atoms with van der Waals surface area (Å²) in [6.45, 7) is 11.2. The number of carbonyl (C=O) groups is 3. The fraction of sp³-hybridized carbons (Fsp3) is 0.441. The third-order valence-electron chi connectivity index (χ3n) is 8.28. The molecule has 0 spiro atoms. The van der Waals surface area contributed by atoms with E-state index in [-0.39, 0.29) is 34.9 Å². The van der Waals surface area contributed by atoms with E-state index in [4.69, 9.17) is 9.47 Å². The van der Waals surface area contributed by atoms with E-state index in [2.05, 4.69) is 44.8 Å². The maximum Gasteiger partial charge on any atom is 0.262 e. The van der Waals surface area contributed by atoms with Crippen molar-refractivity contribution < 1.29 is 23.9 Å². The van der Waals surface area contributed by atoms with Crippen molar-refractivity contribution in [1.29, 1.82) is 0 Å². The van der Waals surface area contributed by atoms with Crippen molar-refractivity contribution >= 4 is 23.2 Å². The van der Waals surface area contributed by atoms with Crippen LogP contribution in [-0.4, -0.2) is 42.6 Å². The van der Waals surface area contributed by atoms with Crippen LogP contribution in [0.3, 0.4) is 0 Å². The van der Waals surface area contributed by atoms with Crippen LogP contribution < -0.4 is 14.8 Å². The Kier molecular flexibility index (Phi) is 7.58. The van der Waals surface area contributed by atoms with Crippen molar-refractivity contribution in [3.8, 4) is 11.5 Å². The summed E-state index contributed by atoms with van der Waals surface area (Å²) in [5.41, 5.74) is 4.67. The number of carbonyl (C=O) groups excluding carboxylic acids is 3. The molecule has 3 aliphatic rings. The third-order valence-corrected chi connectivity index (χ3v) is 8.28. The van der Waals surface area contributed by atoms with Gasteiger partial charge in [-0.05, 0) is 60.4 Å². The maximum absolute atomic E-state index is 13.8. The Morgan fingerprint density at radius 3 is 2.10 bits per heavy atom. The van der Waals surface area contributed by atoms with E-state index in [0.717, 1.165) is 40.9 Å². The SMILES string of the molecule is CCN1C2=C(C(=O)CC(C)(C)C2)C(c2cccc(OCC(=O)Nc3ccccc3OC)c2)C2=C1CC(C)(C)CC2=O. The molecule has 7 heteroatoms. The summed E-state index contributed by atoms with van der Waals surface area (Å²) in [4.78, 5) is 42.6. The number of methoxy groups -OCH3 is 1. The van der Waals surface area contributed by atoms with Gasteiger partial charge in [0, 0.05) is 47.8 Å². The van der Waals surface area contributed by atoms with Crippen LogP contribution in [0.15, 0.2) is 71.1 Å². The Hall–Kier alpha value is -3.87. The fourth-order valence-corrected chi connectivity index (χ4v) is 6.63. The number of amides is 1. The quantitative estimate of drug-likeness (QED) is 0.424. The van der Waals surface area contributed by atoms with Crippen molar-refractivity contribution in [2.45, 2.75) is 66.2 Å². The number of allylic oxidation sites excluding steroid dienone is 4. The highest BCUT2D eigenvalue weighted by molar-refractivity contribution is 6.06. The van der Waals surface area contributed by atoms with Gasteiger partial charge in [-0.2, -0.15) is 0 Å². The third kappa shape index (κ3) is 5.67.